The van der Waals surface area contributed by atoms with Crippen LogP contribution in [0, 0.1) is 10.8 Å². The van der Waals surface area contributed by atoms with Gasteiger partial charge in [0.2, 0.25) is 0 Å². The molecule has 3 rings (SSSR count). The van der Waals surface area contributed by atoms with Crippen molar-refractivity contribution in [1.82, 2.24) is 0 Å². The van der Waals surface area contributed by atoms with E-state index in [0.29, 0.717) is 0 Å². The van der Waals surface area contributed by atoms with E-state index in [-0.39, 0.29) is 23.3 Å². The van der Waals surface area contributed by atoms with Gasteiger partial charge in [-0.1, -0.05) is 90.1 Å². The monoisotopic (exact) mass is 417 g/mol. The first kappa shape index (κ1) is 22.9. The van der Waals surface area contributed by atoms with Gasteiger partial charge in [0, 0.05) is 11.1 Å². The van der Waals surface area contributed by atoms with Crippen molar-refractivity contribution in [2.45, 2.75) is 54.4 Å². The third-order valence-corrected chi connectivity index (χ3v) is 5.00. The number of carbonyl (C=O) groups excluding carboxylic acids is 1. The fraction of sp³-hybridized carbons (Fsp3) is 0.393. The van der Waals surface area contributed by atoms with E-state index in [4.69, 9.17) is 4.74 Å². The van der Waals surface area contributed by atoms with E-state index in [1.54, 1.807) is 0 Å². The van der Waals surface area contributed by atoms with E-state index >= 15 is 0 Å². The summed E-state index contributed by atoms with van der Waals surface area (Å²) in [5.74, 6) is 0.637. The molecule has 0 unspecified atom stereocenters. The molecule has 0 aliphatic carbocycles. The third-order valence-electron chi connectivity index (χ3n) is 5.00. The Morgan fingerprint density at radius 1 is 0.839 bits per heavy atom. The van der Waals surface area contributed by atoms with Crippen molar-refractivity contribution in [3.05, 3.63) is 71.8 Å². The number of nitrogens with one attached hydrogen (secondary N) is 1. The van der Waals surface area contributed by atoms with Crippen LogP contribution in [0.3, 0.4) is 0 Å². The molecule has 0 saturated carbocycles. The molecule has 0 fully saturated rings. The van der Waals surface area contributed by atoms with E-state index in [1.807, 2.05) is 48.5 Å². The molecule has 0 aliphatic rings. The lowest BCUT2D eigenvalue weighted by atomic mass is 9.84. The lowest BCUT2D eigenvalue weighted by molar-refractivity contribution is -0.118. The van der Waals surface area contributed by atoms with Crippen LogP contribution >= 0.6 is 0 Å². The zero-order valence-corrected chi connectivity index (χ0v) is 19.7. The van der Waals surface area contributed by atoms with Crippen LogP contribution in [0.15, 0.2) is 60.7 Å². The summed E-state index contributed by atoms with van der Waals surface area (Å²) < 4.78 is 6.00. The zero-order chi connectivity index (χ0) is 22.6. The summed E-state index contributed by atoms with van der Waals surface area (Å²) in [7, 11) is 0. The molecule has 1 amide bonds. The Balaban J connectivity index is 1.74. The molecule has 0 atom stereocenters. The molecule has 3 aromatic rings. The number of amides is 1. The summed E-state index contributed by atoms with van der Waals surface area (Å²) in [5, 5.41) is 5.13. The minimum atomic E-state index is -0.156. The molecule has 1 N–H and O–H groups in total. The maximum Gasteiger partial charge on any atom is 0.262 e. The Labute approximate surface area is 186 Å². The number of hydrogen-bond acceptors (Lipinski definition) is 2. The molecule has 31 heavy (non-hydrogen) atoms. The average molecular weight is 418 g/mol. The Hall–Kier alpha value is -2.81. The molecular weight excluding hydrogens is 382 g/mol. The molecular formula is C28H35NO2. The van der Waals surface area contributed by atoms with Crippen molar-refractivity contribution in [1.29, 1.82) is 0 Å². The van der Waals surface area contributed by atoms with Gasteiger partial charge in [-0.2, -0.15) is 0 Å². The summed E-state index contributed by atoms with van der Waals surface area (Å²) >= 11 is 0. The van der Waals surface area contributed by atoms with Crippen LogP contribution in [0.2, 0.25) is 0 Å². The summed E-state index contributed by atoms with van der Waals surface area (Å²) in [6.45, 7) is 13.4. The minimum Gasteiger partial charge on any atom is -0.483 e. The van der Waals surface area contributed by atoms with Gasteiger partial charge in [0.15, 0.2) is 6.61 Å². The van der Waals surface area contributed by atoms with Crippen LogP contribution < -0.4 is 10.1 Å². The van der Waals surface area contributed by atoms with E-state index in [9.17, 15) is 4.79 Å². The summed E-state index contributed by atoms with van der Waals surface area (Å²) in [5.41, 5.74) is 3.62. The highest BCUT2D eigenvalue weighted by molar-refractivity contribution is 6.02. The zero-order valence-electron chi connectivity index (χ0n) is 19.7. The molecule has 0 heterocycles. The number of carbonyl (C=O) groups is 1. The number of rotatable bonds is 6. The predicted molar refractivity (Wildman–Crippen MR) is 131 cm³/mol. The van der Waals surface area contributed by atoms with Crippen molar-refractivity contribution in [3.8, 4) is 5.75 Å². The first-order chi connectivity index (χ1) is 14.5. The van der Waals surface area contributed by atoms with Gasteiger partial charge in [0.1, 0.15) is 5.75 Å². The van der Waals surface area contributed by atoms with Crippen LogP contribution in [-0.4, -0.2) is 12.5 Å². The highest BCUT2D eigenvalue weighted by Crippen LogP contribution is 2.31. The standard InChI is InChI=1S/C28H35NO2/c1-27(2,3)17-20-14-15-25(22(16-20)18-28(4,5)6)31-19-26(30)29-24-13-9-11-21-10-7-8-12-23(21)24/h7-16H,17-19H2,1-6H3,(H,29,30). The normalized spacial score (nSPS) is 12.1. The van der Waals surface area contributed by atoms with Gasteiger partial charge in [-0.25, -0.2) is 0 Å². The lowest BCUT2D eigenvalue weighted by Crippen LogP contribution is -2.21. The molecule has 164 valence electrons. The summed E-state index contributed by atoms with van der Waals surface area (Å²) in [6.07, 6.45) is 1.90. The number of benzene rings is 3. The molecule has 3 nitrogen and oxygen atoms in total. The van der Waals surface area contributed by atoms with E-state index in [2.05, 4.69) is 59.0 Å². The molecule has 3 heteroatoms. The van der Waals surface area contributed by atoms with Gasteiger partial charge in [-0.05, 0) is 52.3 Å². The van der Waals surface area contributed by atoms with E-state index < -0.39 is 0 Å². The van der Waals surface area contributed by atoms with Gasteiger partial charge in [-0.15, -0.1) is 0 Å². The minimum absolute atomic E-state index is 0.0149. The van der Waals surface area contributed by atoms with Crippen molar-refractivity contribution in [2.24, 2.45) is 10.8 Å². The fourth-order valence-electron chi connectivity index (χ4n) is 3.87. The van der Waals surface area contributed by atoms with Gasteiger partial charge in [0.25, 0.3) is 5.91 Å². The maximum absolute atomic E-state index is 12.6. The molecule has 0 radical (unpaired) electrons. The third kappa shape index (κ3) is 6.85. The van der Waals surface area contributed by atoms with E-state index in [1.165, 1.54) is 5.56 Å². The number of fused-ring (bicyclic) bond motifs is 1. The van der Waals surface area contributed by atoms with Gasteiger partial charge in [0.05, 0.1) is 0 Å². The highest BCUT2D eigenvalue weighted by atomic mass is 16.5. The molecule has 3 aromatic carbocycles. The van der Waals surface area contributed by atoms with Crippen molar-refractivity contribution in [3.63, 3.8) is 0 Å². The van der Waals surface area contributed by atoms with Crippen LogP contribution in [0.1, 0.15) is 52.7 Å². The van der Waals surface area contributed by atoms with Crippen molar-refractivity contribution in [2.75, 3.05) is 11.9 Å². The maximum atomic E-state index is 12.6. The van der Waals surface area contributed by atoms with Gasteiger partial charge >= 0.3 is 0 Å². The SMILES string of the molecule is CC(C)(C)Cc1ccc(OCC(=O)Nc2cccc3ccccc23)c(CC(C)(C)C)c1. The van der Waals surface area contributed by atoms with Crippen LogP contribution in [-0.2, 0) is 17.6 Å². The largest absolute Gasteiger partial charge is 0.483 e. The second-order valence-corrected chi connectivity index (χ2v) is 10.8. The number of hydrogen-bond donors (Lipinski definition) is 1. The second kappa shape index (κ2) is 9.13. The quantitative estimate of drug-likeness (QED) is 0.467. The second-order valence-electron chi connectivity index (χ2n) is 10.8. The fourth-order valence-corrected chi connectivity index (χ4v) is 3.87. The topological polar surface area (TPSA) is 38.3 Å². The Kier molecular flexibility index (Phi) is 6.74. The highest BCUT2D eigenvalue weighted by Gasteiger charge is 2.18. The molecule has 0 aromatic heterocycles. The Bertz CT molecular complexity index is 1050. The Morgan fingerprint density at radius 3 is 2.23 bits per heavy atom. The smallest absolute Gasteiger partial charge is 0.262 e. The molecule has 0 spiro atoms. The first-order valence-corrected chi connectivity index (χ1v) is 11.0. The lowest BCUT2D eigenvalue weighted by Gasteiger charge is -2.23. The van der Waals surface area contributed by atoms with Crippen LogP contribution in [0.25, 0.3) is 10.8 Å². The van der Waals surface area contributed by atoms with E-state index in [0.717, 1.165) is 40.6 Å². The van der Waals surface area contributed by atoms with Crippen LogP contribution in [0.4, 0.5) is 5.69 Å². The average Bonchev–Trinajstić information content (AvgIpc) is 2.65. The Morgan fingerprint density at radius 2 is 1.52 bits per heavy atom. The van der Waals surface area contributed by atoms with Gasteiger partial charge < -0.3 is 10.1 Å². The number of anilines is 1. The van der Waals surface area contributed by atoms with Crippen LogP contribution in [0.5, 0.6) is 5.75 Å². The molecule has 0 saturated heterocycles. The summed E-state index contributed by atoms with van der Waals surface area (Å²) in [6, 6.07) is 20.3. The first-order valence-electron chi connectivity index (χ1n) is 11.0. The van der Waals surface area contributed by atoms with Gasteiger partial charge in [-0.3, -0.25) is 4.79 Å². The van der Waals surface area contributed by atoms with Crippen molar-refractivity contribution < 1.29 is 9.53 Å². The van der Waals surface area contributed by atoms with Crippen molar-refractivity contribution >= 4 is 22.4 Å². The number of ether oxygens (including phenoxy) is 1. The summed E-state index contributed by atoms with van der Waals surface area (Å²) in [4.78, 5) is 12.6. The molecule has 0 aliphatic heterocycles. The predicted octanol–water partition coefficient (Wildman–Crippen LogP) is 7.03. The molecule has 0 bridgehead atoms.